The molecule has 8 N–H and O–H groups in total. The Morgan fingerprint density at radius 2 is 0.843 bits per heavy atom. The molecular formula is C92H116BBr4Cl3IN5O15. The number of aromatic hydroxyl groups is 2. The molecule has 0 aliphatic rings. The van der Waals surface area contributed by atoms with Crippen LogP contribution in [0, 0.1) is 24.2 Å². The lowest BCUT2D eigenvalue weighted by molar-refractivity contribution is -0.119. The Bertz CT molecular complexity index is 4930. The third kappa shape index (κ3) is 60.5. The van der Waals surface area contributed by atoms with Gasteiger partial charge in [0.1, 0.15) is 57.6 Å². The van der Waals surface area contributed by atoms with Crippen LogP contribution in [0.5, 0.6) is 34.5 Å². The molecule has 0 heterocycles. The summed E-state index contributed by atoms with van der Waals surface area (Å²) in [4.78, 5) is 64.6. The van der Waals surface area contributed by atoms with Gasteiger partial charge in [0.05, 0.1) is 40.6 Å². The van der Waals surface area contributed by atoms with E-state index in [-0.39, 0.29) is 68.6 Å². The average Bonchev–Trinajstić information content (AvgIpc) is 0.816. The van der Waals surface area contributed by atoms with E-state index in [0.717, 1.165) is 95.8 Å². The van der Waals surface area contributed by atoms with Gasteiger partial charge in [0.25, 0.3) is 0 Å². The highest BCUT2D eigenvalue weighted by atomic mass is 127. The molecule has 0 aliphatic heterocycles. The van der Waals surface area contributed by atoms with E-state index < -0.39 is 35.1 Å². The number of aldehydes is 1. The first-order valence-electron chi connectivity index (χ1n) is 39.2. The largest absolute Gasteiger partial charge is 0.508 e. The van der Waals surface area contributed by atoms with Crippen LogP contribution in [0.25, 0.3) is 44.5 Å². The van der Waals surface area contributed by atoms with E-state index in [1.165, 1.54) is 13.8 Å². The lowest BCUT2D eigenvalue weighted by atomic mass is 10.0. The van der Waals surface area contributed by atoms with Crippen molar-refractivity contribution in [2.24, 2.45) is 5.73 Å². The summed E-state index contributed by atoms with van der Waals surface area (Å²) in [7, 11) is 6.46. The van der Waals surface area contributed by atoms with E-state index in [1.54, 1.807) is 119 Å². The Hall–Kier alpha value is -8.68. The second kappa shape index (κ2) is 67.8. The maximum Gasteiger partial charge on any atom is 0.407 e. The van der Waals surface area contributed by atoms with Gasteiger partial charge >= 0.3 is 21.5 Å². The van der Waals surface area contributed by atoms with Gasteiger partial charge in [0.15, 0.2) is 0 Å². The van der Waals surface area contributed by atoms with Crippen LogP contribution in [0.4, 0.5) is 14.4 Å². The fourth-order valence-corrected chi connectivity index (χ4v) is 9.39. The molecule has 9 aromatic rings. The number of nitrogens with two attached hydrogens (primary N) is 1. The molecule has 0 radical (unpaired) electrons. The highest BCUT2D eigenvalue weighted by Crippen LogP contribution is 2.27. The minimum atomic E-state index is -0.509. The van der Waals surface area contributed by atoms with Gasteiger partial charge in [0.2, 0.25) is 11.1 Å². The number of fused-ring (bicyclic) bond motifs is 3. The number of hydrogen-bond donors (Lipinski definition) is 7. The van der Waals surface area contributed by atoms with Crippen molar-refractivity contribution in [2.45, 2.75) is 132 Å². The summed E-state index contributed by atoms with van der Waals surface area (Å²) in [5.74, 6) is 11.5. The molecule has 0 bridgehead atoms. The van der Waals surface area contributed by atoms with E-state index in [0.29, 0.717) is 87.1 Å². The van der Waals surface area contributed by atoms with Crippen molar-refractivity contribution in [3.8, 4) is 58.7 Å². The fraction of sp³-hybridized carbons (Fsp3) is 0.326. The number of methoxy groups -OCH3 is 4. The molecular weight excluding hydrogens is 1980 g/mol. The monoisotopic (exact) mass is 2090 g/mol. The van der Waals surface area contributed by atoms with Crippen molar-refractivity contribution in [2.75, 3.05) is 66.5 Å². The summed E-state index contributed by atoms with van der Waals surface area (Å²) < 4.78 is 74.0. The first-order valence-corrected chi connectivity index (χ1v) is 41.6. The zero-order valence-electron chi connectivity index (χ0n) is 75.1. The Morgan fingerprint density at radius 1 is 0.521 bits per heavy atom. The number of alkyl halides is 2. The van der Waals surface area contributed by atoms with Crippen molar-refractivity contribution in [3.63, 3.8) is 0 Å². The number of benzene rings is 9. The van der Waals surface area contributed by atoms with Crippen LogP contribution in [0.3, 0.4) is 0 Å². The number of terminal acetylenes is 1. The lowest BCUT2D eigenvalue weighted by Gasteiger charge is -2.19. The minimum absolute atomic E-state index is 0. The number of alkyl carbamates (subject to hydrolysis) is 3. The van der Waals surface area contributed by atoms with Gasteiger partial charge in [-0.1, -0.05) is 132 Å². The number of ether oxygens (including phenoxy) is 7. The van der Waals surface area contributed by atoms with Crippen LogP contribution < -0.4 is 45.9 Å². The number of hydrogen-bond acceptors (Lipinski definition) is 16. The van der Waals surface area contributed by atoms with Gasteiger partial charge in [-0.3, -0.25) is 14.4 Å². The topological polar surface area (TPSA) is 282 Å². The van der Waals surface area contributed by atoms with Gasteiger partial charge in [-0.05, 0) is 268 Å². The zero-order chi connectivity index (χ0) is 94.1. The van der Waals surface area contributed by atoms with E-state index >= 15 is 0 Å². The molecule has 0 atom stereocenters. The predicted molar refractivity (Wildman–Crippen MR) is 528 cm³/mol. The number of phenolic OH excluding ortho intramolecular Hbond substituents is 2. The maximum atomic E-state index is 11.7. The first kappa shape index (κ1) is 107. The van der Waals surface area contributed by atoms with E-state index in [2.05, 4.69) is 114 Å². The van der Waals surface area contributed by atoms with Crippen LogP contribution >= 0.6 is 122 Å². The molecule has 0 aliphatic carbocycles. The van der Waals surface area contributed by atoms with Crippen molar-refractivity contribution in [1.82, 2.24) is 21.3 Å². The molecule has 9 rings (SSSR count). The normalized spacial score (nSPS) is 10.7. The molecule has 0 spiro atoms. The second-order valence-corrected chi connectivity index (χ2v) is 35.3. The molecule has 658 valence electrons. The SMILES string of the molecule is BrB(Br)Br.C.C#CCCNC(=O)OC(C)(C)C.CC(=O)Cl.COc1ccc(C=O)cc1.ClCCl.I.[2H]/C(C#CCCNC(=O)OC(C)(C)C)=C/c1ccc(OC)cc1.[2H]C(Br)=Cc1ccc(OC)cc1.[2H]c1cc(CCN)c2cc(O)ccc2c1.[2H]c1cc(CCNC(=O)OC(C)(C)C)c2cc(OC)ccc2c1.[2H]c1cc(CCNC(C)=O)c2cc(O)ccc2c1. The van der Waals surface area contributed by atoms with Gasteiger partial charge in [-0.25, -0.2) is 14.4 Å². The Morgan fingerprint density at radius 3 is 1.18 bits per heavy atom. The van der Waals surface area contributed by atoms with Gasteiger partial charge in [0, 0.05) is 58.4 Å². The zero-order valence-corrected chi connectivity index (χ0v) is 81.0. The predicted octanol–water partition coefficient (Wildman–Crippen LogP) is 23.5. The molecule has 0 saturated heterocycles. The number of amides is 4. The van der Waals surface area contributed by atoms with E-state index in [9.17, 15) is 39.0 Å². The second-order valence-electron chi connectivity index (χ2n) is 27.0. The van der Waals surface area contributed by atoms with Crippen molar-refractivity contribution >= 4 is 205 Å². The van der Waals surface area contributed by atoms with Crippen LogP contribution in [0.1, 0.15) is 141 Å². The highest BCUT2D eigenvalue weighted by Gasteiger charge is 2.18. The van der Waals surface area contributed by atoms with Gasteiger partial charge < -0.3 is 70.4 Å². The number of phenols is 2. The molecule has 9 aromatic carbocycles. The fourth-order valence-electron chi connectivity index (χ4n) is 9.13. The van der Waals surface area contributed by atoms with E-state index in [4.69, 9.17) is 75.4 Å². The summed E-state index contributed by atoms with van der Waals surface area (Å²) >= 11 is 26.5. The van der Waals surface area contributed by atoms with Gasteiger partial charge in [-0.15, -0.1) is 107 Å². The van der Waals surface area contributed by atoms with Crippen LogP contribution in [0.2, 0.25) is 0 Å². The van der Waals surface area contributed by atoms with E-state index in [1.807, 2.05) is 147 Å². The number of rotatable bonds is 19. The number of halogens is 8. The summed E-state index contributed by atoms with van der Waals surface area (Å²) in [6.07, 6.45) is 10.9. The van der Waals surface area contributed by atoms with Crippen molar-refractivity contribution in [3.05, 3.63) is 226 Å². The number of carbonyl (C=O) groups is 6. The Kier molecular flexibility index (Phi) is 59.7. The summed E-state index contributed by atoms with van der Waals surface area (Å²) in [6, 6.07) is 50.2. The van der Waals surface area contributed by atoms with Crippen LogP contribution in [-0.4, -0.2) is 132 Å². The van der Waals surface area contributed by atoms with Crippen LogP contribution in [0.15, 0.2) is 193 Å². The Balaban J connectivity index is -0.00000139. The standard InChI is InChI=1S/2C18H23NO3.C14H15NO2.C12H13NO.C9H9BrO.C9H15NO2.C8H8O2.C2H3ClO.CH2Cl2.CH4.BBr3.HI/c1-18(2,3)22-17(20)19-11-10-14-7-5-6-13-8-9-15(21-4)12-16(13)14;1-18(2,3)22-17(20)19-14-8-6-5-7-9-15-10-12-16(21-4)13-11-15;1-10(16)15-8-7-12-4-2-3-11-5-6-13(17)9-14(11)12;13-7-6-10-3-1-2-9-4-5-11(14)8-12(9)10;1-11-9-4-2-8(3-5-9)6-7-10;1-5-6-7-10-8(11)12-9(2,3)4;1-10-8-4-2-7(6-9)3-5-8;1-2(3)4;2-1-3;;2-1(3)4;/h5-9,12H,10-11H2,1-4H3,(H,19,20);7,9-13H,8,14H2,1-4H3,(H,19,20);2-6,9,17H,7-8H2,1H3,(H,15,16);1-5,8,14H,6-7,13H2;2-7H,1H3;1H,6-7H2,2-4H3,(H,10,11);2-6H,1H3;1H3;1H2;1H4;;1H/b;9-7-;;;;;;;;;;/i5D;7D;2D;1D;7D;;;;;;;. The smallest absolute Gasteiger partial charge is 0.407 e. The van der Waals surface area contributed by atoms with Crippen molar-refractivity contribution < 1.29 is 79.0 Å². The first-order chi connectivity index (χ1) is 58.3. The van der Waals surface area contributed by atoms with Crippen LogP contribution in [-0.2, 0) is 43.1 Å². The molecule has 0 unspecified atom stereocenters. The number of carbonyl (C=O) groups excluding carboxylic acids is 6. The minimum Gasteiger partial charge on any atom is -0.508 e. The Labute approximate surface area is 788 Å². The summed E-state index contributed by atoms with van der Waals surface area (Å²) in [5.41, 5.74) is 9.58. The summed E-state index contributed by atoms with van der Waals surface area (Å²) in [5, 5.41) is 35.2. The molecule has 121 heavy (non-hydrogen) atoms. The molecule has 0 saturated carbocycles. The molecule has 20 nitrogen and oxygen atoms in total. The molecule has 0 aromatic heterocycles. The summed E-state index contributed by atoms with van der Waals surface area (Å²) in [6.45, 7) is 21.5. The quantitative estimate of drug-likeness (QED) is 0.00579. The maximum absolute atomic E-state index is 11.7. The molecule has 4 amide bonds. The van der Waals surface area contributed by atoms with Crippen molar-refractivity contribution in [1.29, 1.82) is 0 Å². The highest BCUT2D eigenvalue weighted by molar-refractivity contribution is 14.0. The number of allylic oxidation sites excluding steroid dienone is 1. The molecule has 0 fully saturated rings. The molecule has 29 heteroatoms. The third-order valence-corrected chi connectivity index (χ3v) is 14.3. The average molecular weight is 2100 g/mol. The number of nitrogens with one attached hydrogen (secondary N) is 4. The van der Waals surface area contributed by atoms with Gasteiger partial charge in [-0.2, -0.15) is 0 Å². The lowest BCUT2D eigenvalue weighted by Crippen LogP contribution is -2.33. The third-order valence-electron chi connectivity index (χ3n) is 14.1.